The molecule has 3 heterocycles. The monoisotopic (exact) mass is 628 g/mol. The molecule has 0 spiro atoms. The molecule has 1 fully saturated rings. The van der Waals surface area contributed by atoms with Crippen molar-refractivity contribution in [3.05, 3.63) is 85.8 Å². The van der Waals surface area contributed by atoms with Gasteiger partial charge in [0.25, 0.3) is 0 Å². The third kappa shape index (κ3) is 5.25. The van der Waals surface area contributed by atoms with E-state index in [1.807, 2.05) is 32.9 Å². The number of benzene rings is 2. The first kappa shape index (κ1) is 28.6. The number of nitrogens with zero attached hydrogens (tertiary/aromatic N) is 4. The Balaban J connectivity index is 1.22. The lowest BCUT2D eigenvalue weighted by molar-refractivity contribution is -0.00733. The van der Waals surface area contributed by atoms with Crippen LogP contribution in [0.2, 0.25) is 15.1 Å². The van der Waals surface area contributed by atoms with Crippen LogP contribution in [0.25, 0.3) is 11.3 Å². The van der Waals surface area contributed by atoms with Crippen molar-refractivity contribution in [2.45, 2.75) is 64.2 Å². The predicted molar refractivity (Wildman–Crippen MR) is 159 cm³/mol. The van der Waals surface area contributed by atoms with E-state index in [-0.39, 0.29) is 18.3 Å². The number of hydrogen-bond acceptors (Lipinski definition) is 7. The second-order valence-electron chi connectivity index (χ2n) is 11.0. The van der Waals surface area contributed by atoms with Gasteiger partial charge in [-0.25, -0.2) is 4.79 Å². The van der Waals surface area contributed by atoms with Crippen molar-refractivity contribution in [2.75, 3.05) is 0 Å². The highest BCUT2D eigenvalue weighted by molar-refractivity contribution is 6.39. The molecule has 1 unspecified atom stereocenters. The molecule has 0 amide bonds. The third-order valence-electron chi connectivity index (χ3n) is 7.46. The first-order valence-corrected chi connectivity index (χ1v) is 14.6. The minimum absolute atomic E-state index is 0.0489. The lowest BCUT2D eigenvalue weighted by atomic mass is 9.90. The van der Waals surface area contributed by atoms with Crippen LogP contribution in [-0.4, -0.2) is 31.7 Å². The van der Waals surface area contributed by atoms with Crippen molar-refractivity contribution in [1.82, 2.24) is 14.9 Å². The summed E-state index contributed by atoms with van der Waals surface area (Å²) < 4.78 is 13.6. The number of ether oxygens (including phenoxy) is 1. The first-order valence-electron chi connectivity index (χ1n) is 13.5. The van der Waals surface area contributed by atoms with Crippen LogP contribution in [0.15, 0.2) is 52.1 Å². The standard InChI is InChI=1S/C30H27Cl3N4O5/c1-15(2)37-25(12-23(34-37)29(38)39)24-13-30(3,42-35-24)19-10-9-17(11-22(19)33)40-14-18-27(36-41-28(18)16-7-8-16)26-20(31)5-4-6-21(26)32/h4-6,9-12,15-16H,7-8,13-14H2,1-3H3,(H,38,39). The fourth-order valence-electron chi connectivity index (χ4n) is 5.15. The van der Waals surface area contributed by atoms with E-state index in [9.17, 15) is 9.90 Å². The van der Waals surface area contributed by atoms with Gasteiger partial charge in [-0.2, -0.15) is 5.10 Å². The van der Waals surface area contributed by atoms with Gasteiger partial charge in [-0.1, -0.05) is 51.2 Å². The van der Waals surface area contributed by atoms with Gasteiger partial charge in [0.05, 0.1) is 26.3 Å². The second-order valence-corrected chi connectivity index (χ2v) is 12.2. The van der Waals surface area contributed by atoms with E-state index in [0.717, 1.165) is 29.7 Å². The molecule has 2 aliphatic rings. The topological polar surface area (TPSA) is 112 Å². The number of oxime groups is 1. The number of carboxylic acids is 1. The van der Waals surface area contributed by atoms with Crippen LogP contribution in [0.3, 0.4) is 0 Å². The summed E-state index contributed by atoms with van der Waals surface area (Å²) in [6, 6.07) is 12.2. The zero-order chi connectivity index (χ0) is 29.8. The summed E-state index contributed by atoms with van der Waals surface area (Å²) in [4.78, 5) is 17.4. The Bertz CT molecular complexity index is 1710. The molecule has 0 radical (unpaired) electrons. The summed E-state index contributed by atoms with van der Waals surface area (Å²) >= 11 is 19.7. The number of carboxylic acid groups (broad SMARTS) is 1. The average Bonchev–Trinajstić information content (AvgIpc) is 3.35. The maximum atomic E-state index is 11.5. The molecule has 9 nitrogen and oxygen atoms in total. The van der Waals surface area contributed by atoms with Crippen LogP contribution in [0, 0.1) is 0 Å². The molecule has 6 rings (SSSR count). The fraction of sp³-hybridized carbons (Fsp3) is 0.333. The summed E-state index contributed by atoms with van der Waals surface area (Å²) in [6.45, 7) is 5.92. The molecule has 2 aromatic heterocycles. The van der Waals surface area contributed by atoms with E-state index in [0.29, 0.717) is 55.8 Å². The quantitative estimate of drug-likeness (QED) is 0.198. The normalized spacial score (nSPS) is 18.3. The molecule has 0 saturated heterocycles. The Morgan fingerprint density at radius 3 is 2.52 bits per heavy atom. The van der Waals surface area contributed by atoms with E-state index in [2.05, 4.69) is 15.4 Å². The summed E-state index contributed by atoms with van der Waals surface area (Å²) in [5.74, 6) is 0.528. The lowest BCUT2D eigenvalue weighted by Crippen LogP contribution is -2.23. The molecule has 2 aromatic carbocycles. The summed E-state index contributed by atoms with van der Waals surface area (Å²) in [5, 5.41) is 23.7. The van der Waals surface area contributed by atoms with Crippen molar-refractivity contribution < 1.29 is 24.0 Å². The van der Waals surface area contributed by atoms with Gasteiger partial charge in [0, 0.05) is 35.6 Å². The van der Waals surface area contributed by atoms with Gasteiger partial charge in [-0.3, -0.25) is 4.68 Å². The van der Waals surface area contributed by atoms with E-state index in [4.69, 9.17) is 48.9 Å². The highest BCUT2D eigenvalue weighted by Crippen LogP contribution is 2.46. The van der Waals surface area contributed by atoms with Crippen LogP contribution in [-0.2, 0) is 17.0 Å². The maximum absolute atomic E-state index is 11.5. The van der Waals surface area contributed by atoms with Gasteiger partial charge < -0.3 is 19.2 Å². The van der Waals surface area contributed by atoms with Crippen LogP contribution in [0.4, 0.5) is 0 Å². The van der Waals surface area contributed by atoms with Gasteiger partial charge in [0.2, 0.25) is 0 Å². The summed E-state index contributed by atoms with van der Waals surface area (Å²) in [5.41, 5.74) is 2.97. The molecule has 1 atom stereocenters. The molecule has 1 aliphatic carbocycles. The van der Waals surface area contributed by atoms with Crippen molar-refractivity contribution in [3.8, 4) is 17.0 Å². The van der Waals surface area contributed by atoms with Crippen LogP contribution in [0.1, 0.15) is 85.1 Å². The van der Waals surface area contributed by atoms with E-state index < -0.39 is 11.6 Å². The zero-order valence-electron chi connectivity index (χ0n) is 23.0. The Morgan fingerprint density at radius 1 is 1.14 bits per heavy atom. The van der Waals surface area contributed by atoms with Crippen molar-refractivity contribution >= 4 is 46.5 Å². The average molecular weight is 630 g/mol. The molecule has 1 N–H and O–H groups in total. The molecule has 4 aromatic rings. The van der Waals surface area contributed by atoms with Gasteiger partial charge in [0.15, 0.2) is 11.3 Å². The number of aromatic nitrogens is 3. The minimum Gasteiger partial charge on any atom is -0.489 e. The molecule has 218 valence electrons. The zero-order valence-corrected chi connectivity index (χ0v) is 25.3. The number of carbonyl (C=O) groups is 1. The smallest absolute Gasteiger partial charge is 0.356 e. The van der Waals surface area contributed by atoms with Crippen LogP contribution in [0.5, 0.6) is 5.75 Å². The van der Waals surface area contributed by atoms with Gasteiger partial charge in [0.1, 0.15) is 29.5 Å². The molecule has 1 aliphatic heterocycles. The highest BCUT2D eigenvalue weighted by atomic mass is 35.5. The Morgan fingerprint density at radius 2 is 1.88 bits per heavy atom. The Hall–Kier alpha value is -3.53. The lowest BCUT2D eigenvalue weighted by Gasteiger charge is -2.23. The molecular formula is C30H27Cl3N4O5. The van der Waals surface area contributed by atoms with Gasteiger partial charge >= 0.3 is 5.97 Å². The number of hydrogen-bond donors (Lipinski definition) is 1. The molecule has 0 bridgehead atoms. The second kappa shape index (κ2) is 10.9. The van der Waals surface area contributed by atoms with E-state index in [1.54, 1.807) is 28.9 Å². The van der Waals surface area contributed by atoms with Gasteiger partial charge in [-0.15, -0.1) is 0 Å². The van der Waals surface area contributed by atoms with Crippen molar-refractivity contribution in [1.29, 1.82) is 0 Å². The van der Waals surface area contributed by atoms with E-state index >= 15 is 0 Å². The number of aromatic carboxylic acids is 1. The number of halogens is 3. The number of rotatable bonds is 9. The predicted octanol–water partition coefficient (Wildman–Crippen LogP) is 8.27. The minimum atomic E-state index is -1.10. The summed E-state index contributed by atoms with van der Waals surface area (Å²) in [6.07, 6.45) is 2.42. The molecule has 42 heavy (non-hydrogen) atoms. The maximum Gasteiger partial charge on any atom is 0.356 e. The summed E-state index contributed by atoms with van der Waals surface area (Å²) in [7, 11) is 0. The fourth-order valence-corrected chi connectivity index (χ4v) is 6.09. The van der Waals surface area contributed by atoms with Crippen LogP contribution < -0.4 is 4.74 Å². The molecular weight excluding hydrogens is 603 g/mol. The van der Waals surface area contributed by atoms with Crippen molar-refractivity contribution in [3.63, 3.8) is 0 Å². The first-order chi connectivity index (χ1) is 20.1. The molecule has 1 saturated carbocycles. The Kier molecular flexibility index (Phi) is 7.45. The third-order valence-corrected chi connectivity index (χ3v) is 8.40. The highest BCUT2D eigenvalue weighted by Gasteiger charge is 2.40. The van der Waals surface area contributed by atoms with E-state index in [1.165, 1.54) is 6.07 Å². The largest absolute Gasteiger partial charge is 0.489 e. The SMILES string of the molecule is CC(C)n1nc(C(=O)O)cc1C1=NOC(C)(c2ccc(OCc3c(-c4c(Cl)cccc4Cl)noc3C3CC3)cc2Cl)C1. The van der Waals surface area contributed by atoms with Crippen molar-refractivity contribution in [2.24, 2.45) is 5.16 Å². The van der Waals surface area contributed by atoms with Gasteiger partial charge in [-0.05, 0) is 63.9 Å². The van der Waals surface area contributed by atoms with Crippen LogP contribution >= 0.6 is 34.8 Å². The molecule has 12 heteroatoms. The Labute approximate surface area is 256 Å².